The molecule has 1 saturated heterocycles. The van der Waals surface area contributed by atoms with Crippen molar-refractivity contribution in [3.63, 3.8) is 0 Å². The molecule has 1 saturated carbocycles. The summed E-state index contributed by atoms with van der Waals surface area (Å²) in [5.74, 6) is 2.55. The lowest BCUT2D eigenvalue weighted by atomic mass is 10.1. The molecular formula is C18H28IN3O2. The zero-order valence-electron chi connectivity index (χ0n) is 14.7. The first-order chi connectivity index (χ1) is 11.2. The molecule has 2 N–H and O–H groups in total. The average Bonchev–Trinajstić information content (AvgIpc) is 2.99. The van der Waals surface area contributed by atoms with E-state index < -0.39 is 0 Å². The molecule has 3 atom stereocenters. The Morgan fingerprint density at radius 1 is 1.42 bits per heavy atom. The number of halogens is 1. The van der Waals surface area contributed by atoms with Crippen LogP contribution in [0.1, 0.15) is 30.9 Å². The highest BCUT2D eigenvalue weighted by atomic mass is 127. The molecule has 0 radical (unpaired) electrons. The highest BCUT2D eigenvalue weighted by Crippen LogP contribution is 2.29. The molecular weight excluding hydrogens is 417 g/mol. The number of benzene rings is 1. The Labute approximate surface area is 161 Å². The molecule has 0 spiro atoms. The number of guanidine groups is 1. The van der Waals surface area contributed by atoms with Gasteiger partial charge in [-0.05, 0) is 30.9 Å². The number of aliphatic imine (C=N–C) groups is 1. The summed E-state index contributed by atoms with van der Waals surface area (Å²) < 4.78 is 11.5. The van der Waals surface area contributed by atoms with Crippen LogP contribution in [0.2, 0.25) is 0 Å². The molecule has 0 aromatic heterocycles. The minimum atomic E-state index is 0. The van der Waals surface area contributed by atoms with Crippen LogP contribution >= 0.6 is 24.0 Å². The van der Waals surface area contributed by atoms with Crippen LogP contribution in [0.5, 0.6) is 5.75 Å². The molecule has 5 nitrogen and oxygen atoms in total. The molecule has 1 aliphatic carbocycles. The minimum Gasteiger partial charge on any atom is -0.488 e. The number of hydrogen-bond donors (Lipinski definition) is 2. The van der Waals surface area contributed by atoms with Gasteiger partial charge in [-0.2, -0.15) is 0 Å². The number of rotatable bonds is 5. The van der Waals surface area contributed by atoms with Crippen LogP contribution in [0, 0.1) is 12.8 Å². The van der Waals surface area contributed by atoms with E-state index in [2.05, 4.69) is 47.7 Å². The summed E-state index contributed by atoms with van der Waals surface area (Å²) in [7, 11) is 1.81. The summed E-state index contributed by atoms with van der Waals surface area (Å²) in [5.41, 5.74) is 2.35. The first kappa shape index (κ1) is 19.3. The van der Waals surface area contributed by atoms with E-state index in [9.17, 15) is 0 Å². The van der Waals surface area contributed by atoms with Crippen molar-refractivity contribution in [2.24, 2.45) is 10.9 Å². The van der Waals surface area contributed by atoms with Gasteiger partial charge in [0.1, 0.15) is 11.9 Å². The normalized spacial score (nSPS) is 25.8. The Hall–Kier alpha value is -1.02. The molecule has 24 heavy (non-hydrogen) atoms. The van der Waals surface area contributed by atoms with Crippen LogP contribution < -0.4 is 15.4 Å². The molecule has 134 valence electrons. The van der Waals surface area contributed by atoms with E-state index in [1.165, 1.54) is 12.0 Å². The topological polar surface area (TPSA) is 54.9 Å². The molecule has 6 heteroatoms. The third-order valence-corrected chi connectivity index (χ3v) is 4.51. The average molecular weight is 445 g/mol. The second-order valence-corrected chi connectivity index (χ2v) is 6.60. The van der Waals surface area contributed by atoms with Crippen LogP contribution in [0.15, 0.2) is 23.2 Å². The lowest BCUT2D eigenvalue weighted by Crippen LogP contribution is -2.38. The summed E-state index contributed by atoms with van der Waals surface area (Å²) in [4.78, 5) is 4.30. The third kappa shape index (κ3) is 5.24. The van der Waals surface area contributed by atoms with Crippen molar-refractivity contribution in [1.82, 2.24) is 10.6 Å². The van der Waals surface area contributed by atoms with E-state index in [0.717, 1.165) is 36.2 Å². The van der Waals surface area contributed by atoms with Crippen LogP contribution in [-0.4, -0.2) is 38.4 Å². The fraction of sp³-hybridized carbons (Fsp3) is 0.611. The SMILES string of the molecule is CN=C(NCc1ccc(C)cc1OC1CCOC1)NC1CC1C.I. The summed E-state index contributed by atoms with van der Waals surface area (Å²) in [6, 6.07) is 6.91. The van der Waals surface area contributed by atoms with E-state index in [-0.39, 0.29) is 30.1 Å². The smallest absolute Gasteiger partial charge is 0.191 e. The van der Waals surface area contributed by atoms with Gasteiger partial charge in [-0.3, -0.25) is 4.99 Å². The lowest BCUT2D eigenvalue weighted by Gasteiger charge is -2.18. The molecule has 3 unspecified atom stereocenters. The van der Waals surface area contributed by atoms with Gasteiger partial charge in [0, 0.05) is 31.6 Å². The van der Waals surface area contributed by atoms with E-state index in [1.54, 1.807) is 0 Å². The maximum absolute atomic E-state index is 6.14. The van der Waals surface area contributed by atoms with Gasteiger partial charge in [0.15, 0.2) is 5.96 Å². The Kier molecular flexibility index (Phi) is 7.16. The second-order valence-electron chi connectivity index (χ2n) is 6.60. The summed E-state index contributed by atoms with van der Waals surface area (Å²) in [6.45, 7) is 6.51. The monoisotopic (exact) mass is 445 g/mol. The van der Waals surface area contributed by atoms with Gasteiger partial charge in [-0.25, -0.2) is 0 Å². The van der Waals surface area contributed by atoms with Crippen molar-refractivity contribution in [3.05, 3.63) is 29.3 Å². The zero-order valence-corrected chi connectivity index (χ0v) is 17.0. The fourth-order valence-corrected chi connectivity index (χ4v) is 2.78. The Balaban J connectivity index is 0.00000208. The molecule has 1 aliphatic heterocycles. The second kappa shape index (κ2) is 8.89. The van der Waals surface area contributed by atoms with Gasteiger partial charge in [0.2, 0.25) is 0 Å². The standard InChI is InChI=1S/C18H27N3O2.HI/c1-12-4-5-14(17(8-12)23-15-6-7-22-11-15)10-20-18(19-3)21-16-9-13(16)2;/h4-5,8,13,15-16H,6-7,9-11H2,1-3H3,(H2,19,20,21);1H. The molecule has 2 fully saturated rings. The first-order valence-electron chi connectivity index (χ1n) is 8.47. The molecule has 0 bridgehead atoms. The van der Waals surface area contributed by atoms with Crippen molar-refractivity contribution in [3.8, 4) is 5.75 Å². The predicted octanol–water partition coefficient (Wildman–Crippen LogP) is 2.85. The van der Waals surface area contributed by atoms with Crippen molar-refractivity contribution in [2.75, 3.05) is 20.3 Å². The van der Waals surface area contributed by atoms with Gasteiger partial charge >= 0.3 is 0 Å². The van der Waals surface area contributed by atoms with Crippen LogP contribution in [0.3, 0.4) is 0 Å². The number of aryl methyl sites for hydroxylation is 1. The lowest BCUT2D eigenvalue weighted by molar-refractivity contribution is 0.140. The van der Waals surface area contributed by atoms with Crippen LogP contribution in [0.25, 0.3) is 0 Å². The van der Waals surface area contributed by atoms with Crippen molar-refractivity contribution in [2.45, 2.75) is 45.4 Å². The van der Waals surface area contributed by atoms with E-state index in [4.69, 9.17) is 9.47 Å². The molecule has 3 rings (SSSR count). The first-order valence-corrected chi connectivity index (χ1v) is 8.47. The van der Waals surface area contributed by atoms with Gasteiger partial charge < -0.3 is 20.1 Å². The molecule has 2 aliphatic rings. The van der Waals surface area contributed by atoms with Crippen molar-refractivity contribution >= 4 is 29.9 Å². The van der Waals surface area contributed by atoms with Crippen LogP contribution in [0.4, 0.5) is 0 Å². The number of nitrogens with one attached hydrogen (secondary N) is 2. The highest BCUT2D eigenvalue weighted by Gasteiger charge is 2.33. The van der Waals surface area contributed by atoms with Gasteiger partial charge in [-0.1, -0.05) is 19.1 Å². The number of nitrogens with zero attached hydrogens (tertiary/aromatic N) is 1. The number of ether oxygens (including phenoxy) is 2. The molecule has 0 amide bonds. The minimum absolute atomic E-state index is 0. The maximum atomic E-state index is 6.14. The summed E-state index contributed by atoms with van der Waals surface area (Å²) in [6.07, 6.45) is 2.35. The van der Waals surface area contributed by atoms with Gasteiger partial charge in [0.05, 0.1) is 13.2 Å². The number of hydrogen-bond acceptors (Lipinski definition) is 3. The van der Waals surface area contributed by atoms with E-state index in [1.807, 2.05) is 7.05 Å². The highest BCUT2D eigenvalue weighted by molar-refractivity contribution is 14.0. The Morgan fingerprint density at radius 3 is 2.83 bits per heavy atom. The summed E-state index contributed by atoms with van der Waals surface area (Å²) >= 11 is 0. The van der Waals surface area contributed by atoms with Crippen molar-refractivity contribution < 1.29 is 9.47 Å². The summed E-state index contributed by atoms with van der Waals surface area (Å²) in [5, 5.41) is 6.83. The third-order valence-electron chi connectivity index (χ3n) is 4.51. The maximum Gasteiger partial charge on any atom is 0.191 e. The zero-order chi connectivity index (χ0) is 16.2. The fourth-order valence-electron chi connectivity index (χ4n) is 2.78. The van der Waals surface area contributed by atoms with E-state index in [0.29, 0.717) is 19.2 Å². The Bertz CT molecular complexity index is 573. The molecule has 1 heterocycles. The predicted molar refractivity (Wildman–Crippen MR) is 107 cm³/mol. The Morgan fingerprint density at radius 2 is 2.21 bits per heavy atom. The van der Waals surface area contributed by atoms with E-state index >= 15 is 0 Å². The van der Waals surface area contributed by atoms with Gasteiger partial charge in [0.25, 0.3) is 0 Å². The quantitative estimate of drug-likeness (QED) is 0.416. The van der Waals surface area contributed by atoms with Crippen LogP contribution in [-0.2, 0) is 11.3 Å². The molecule has 1 aromatic carbocycles. The van der Waals surface area contributed by atoms with Gasteiger partial charge in [-0.15, -0.1) is 24.0 Å². The largest absolute Gasteiger partial charge is 0.488 e. The van der Waals surface area contributed by atoms with Crippen molar-refractivity contribution in [1.29, 1.82) is 0 Å². The molecule has 1 aromatic rings.